The first-order valence-electron chi connectivity index (χ1n) is 9.65. The van der Waals surface area contributed by atoms with Crippen LogP contribution in [-0.4, -0.2) is 56.1 Å². The van der Waals surface area contributed by atoms with Gasteiger partial charge < -0.3 is 14.7 Å². The summed E-state index contributed by atoms with van der Waals surface area (Å²) in [6.07, 6.45) is 3.50. The molecule has 4 rings (SSSR count). The third-order valence-corrected chi connectivity index (χ3v) is 5.68. The molecule has 3 nitrogen and oxygen atoms in total. The monoisotopic (exact) mass is 335 g/mol. The van der Waals surface area contributed by atoms with E-state index in [2.05, 4.69) is 70.3 Å². The van der Waals surface area contributed by atoms with E-state index < -0.39 is 0 Å². The standard InChI is InChI=1S/C22H29N3/c1-23-15-17-24(18-16-23)13-6-14-25-21-9-4-2-7-19(21)11-12-20-8-3-5-10-22(20)25/h2-5,7-10H,6,11-18H2,1H3. The summed E-state index contributed by atoms with van der Waals surface area (Å²) in [6.45, 7) is 7.13. The second-order valence-corrected chi connectivity index (χ2v) is 7.41. The number of para-hydroxylation sites is 2. The number of piperazine rings is 1. The molecular weight excluding hydrogens is 306 g/mol. The van der Waals surface area contributed by atoms with Gasteiger partial charge in [-0.1, -0.05) is 36.4 Å². The summed E-state index contributed by atoms with van der Waals surface area (Å²) < 4.78 is 0. The van der Waals surface area contributed by atoms with Crippen LogP contribution in [0.3, 0.4) is 0 Å². The Kier molecular flexibility index (Phi) is 5.04. The van der Waals surface area contributed by atoms with E-state index in [0.717, 1.165) is 19.4 Å². The summed E-state index contributed by atoms with van der Waals surface area (Å²) >= 11 is 0. The third kappa shape index (κ3) is 3.73. The summed E-state index contributed by atoms with van der Waals surface area (Å²) in [6, 6.07) is 17.9. The molecule has 2 aliphatic heterocycles. The minimum Gasteiger partial charge on any atom is -0.341 e. The zero-order valence-corrected chi connectivity index (χ0v) is 15.3. The molecule has 0 N–H and O–H groups in total. The Bertz CT molecular complexity index is 656. The van der Waals surface area contributed by atoms with Crippen molar-refractivity contribution in [2.45, 2.75) is 19.3 Å². The fraction of sp³-hybridized carbons (Fsp3) is 0.455. The predicted molar refractivity (Wildman–Crippen MR) is 106 cm³/mol. The molecule has 0 bridgehead atoms. The quantitative estimate of drug-likeness (QED) is 0.846. The molecule has 2 aromatic rings. The lowest BCUT2D eigenvalue weighted by Gasteiger charge is -2.33. The Labute approximate surface area is 151 Å². The lowest BCUT2D eigenvalue weighted by molar-refractivity contribution is 0.153. The van der Waals surface area contributed by atoms with Gasteiger partial charge in [-0.3, -0.25) is 0 Å². The van der Waals surface area contributed by atoms with E-state index in [9.17, 15) is 0 Å². The molecule has 132 valence electrons. The first-order valence-corrected chi connectivity index (χ1v) is 9.65. The van der Waals surface area contributed by atoms with Crippen molar-refractivity contribution in [1.29, 1.82) is 0 Å². The van der Waals surface area contributed by atoms with Gasteiger partial charge in [-0.25, -0.2) is 0 Å². The number of rotatable bonds is 4. The van der Waals surface area contributed by atoms with Crippen molar-refractivity contribution in [2.24, 2.45) is 0 Å². The zero-order valence-electron chi connectivity index (χ0n) is 15.3. The predicted octanol–water partition coefficient (Wildman–Crippen LogP) is 3.56. The van der Waals surface area contributed by atoms with E-state index in [-0.39, 0.29) is 0 Å². The summed E-state index contributed by atoms with van der Waals surface area (Å²) in [7, 11) is 2.22. The highest BCUT2D eigenvalue weighted by Crippen LogP contribution is 2.35. The van der Waals surface area contributed by atoms with Gasteiger partial charge in [0.15, 0.2) is 0 Å². The van der Waals surface area contributed by atoms with Crippen LogP contribution in [0.5, 0.6) is 0 Å². The molecule has 0 saturated carbocycles. The second kappa shape index (κ2) is 7.59. The van der Waals surface area contributed by atoms with Crippen LogP contribution in [0.4, 0.5) is 11.4 Å². The number of fused-ring (bicyclic) bond motifs is 2. The van der Waals surface area contributed by atoms with Gasteiger partial charge in [-0.2, -0.15) is 0 Å². The lowest BCUT2D eigenvalue weighted by Crippen LogP contribution is -2.45. The van der Waals surface area contributed by atoms with Crippen molar-refractivity contribution in [3.63, 3.8) is 0 Å². The fourth-order valence-corrected chi connectivity index (χ4v) is 4.14. The molecule has 0 radical (unpaired) electrons. The lowest BCUT2D eigenvalue weighted by atomic mass is 10.0. The van der Waals surface area contributed by atoms with Crippen LogP contribution in [0.15, 0.2) is 48.5 Å². The third-order valence-electron chi connectivity index (χ3n) is 5.68. The Morgan fingerprint density at radius 1 is 0.720 bits per heavy atom. The molecule has 0 unspecified atom stereocenters. The molecular formula is C22H29N3. The first kappa shape index (κ1) is 16.6. The molecule has 1 saturated heterocycles. The Balaban J connectivity index is 1.50. The summed E-state index contributed by atoms with van der Waals surface area (Å²) in [4.78, 5) is 7.61. The van der Waals surface area contributed by atoms with E-state index in [1.807, 2.05) is 0 Å². The number of nitrogens with zero attached hydrogens (tertiary/aromatic N) is 3. The number of hydrogen-bond donors (Lipinski definition) is 0. The second-order valence-electron chi connectivity index (χ2n) is 7.41. The van der Waals surface area contributed by atoms with Gasteiger partial charge in [0.05, 0.1) is 0 Å². The van der Waals surface area contributed by atoms with Gasteiger partial charge >= 0.3 is 0 Å². The minimum atomic E-state index is 1.10. The number of anilines is 2. The van der Waals surface area contributed by atoms with Crippen molar-refractivity contribution in [3.8, 4) is 0 Å². The highest BCUT2D eigenvalue weighted by atomic mass is 15.2. The molecule has 25 heavy (non-hydrogen) atoms. The molecule has 3 heteroatoms. The number of aryl methyl sites for hydroxylation is 2. The fourth-order valence-electron chi connectivity index (χ4n) is 4.14. The smallest absolute Gasteiger partial charge is 0.0443 e. The molecule has 0 amide bonds. The largest absolute Gasteiger partial charge is 0.341 e. The van der Waals surface area contributed by atoms with Gasteiger partial charge in [-0.15, -0.1) is 0 Å². The van der Waals surface area contributed by atoms with Gasteiger partial charge in [0.25, 0.3) is 0 Å². The van der Waals surface area contributed by atoms with Crippen LogP contribution < -0.4 is 4.90 Å². The Morgan fingerprint density at radius 3 is 1.88 bits per heavy atom. The molecule has 2 heterocycles. The van der Waals surface area contributed by atoms with Gasteiger partial charge in [0, 0.05) is 44.1 Å². The van der Waals surface area contributed by atoms with Crippen molar-refractivity contribution in [3.05, 3.63) is 59.7 Å². The van der Waals surface area contributed by atoms with E-state index in [1.165, 1.54) is 61.6 Å². The van der Waals surface area contributed by atoms with Crippen LogP contribution in [-0.2, 0) is 12.8 Å². The van der Waals surface area contributed by atoms with Crippen LogP contribution in [0, 0.1) is 0 Å². The average Bonchev–Trinajstić information content (AvgIpc) is 2.81. The topological polar surface area (TPSA) is 9.72 Å². The molecule has 0 aliphatic carbocycles. The zero-order chi connectivity index (χ0) is 17.1. The molecule has 0 spiro atoms. The van der Waals surface area contributed by atoms with Crippen molar-refractivity contribution in [2.75, 3.05) is 51.2 Å². The van der Waals surface area contributed by atoms with Gasteiger partial charge in [-0.05, 0) is 56.1 Å². The molecule has 0 aromatic heterocycles. The Hall–Kier alpha value is -1.84. The van der Waals surface area contributed by atoms with Crippen molar-refractivity contribution < 1.29 is 0 Å². The van der Waals surface area contributed by atoms with Gasteiger partial charge in [0.2, 0.25) is 0 Å². The van der Waals surface area contributed by atoms with Crippen LogP contribution >= 0.6 is 0 Å². The first-order chi connectivity index (χ1) is 12.3. The summed E-state index contributed by atoms with van der Waals surface area (Å²) in [5.41, 5.74) is 5.79. The van der Waals surface area contributed by atoms with E-state index >= 15 is 0 Å². The van der Waals surface area contributed by atoms with Crippen LogP contribution in [0.1, 0.15) is 17.5 Å². The maximum atomic E-state index is 2.62. The molecule has 1 fully saturated rings. The average molecular weight is 335 g/mol. The highest BCUT2D eigenvalue weighted by Gasteiger charge is 2.20. The molecule has 2 aliphatic rings. The maximum absolute atomic E-state index is 2.62. The minimum absolute atomic E-state index is 1.10. The molecule has 0 atom stereocenters. The van der Waals surface area contributed by atoms with Crippen LogP contribution in [0.2, 0.25) is 0 Å². The maximum Gasteiger partial charge on any atom is 0.0443 e. The van der Waals surface area contributed by atoms with Gasteiger partial charge in [0.1, 0.15) is 0 Å². The Morgan fingerprint density at radius 2 is 1.28 bits per heavy atom. The number of benzene rings is 2. The number of likely N-dealkylation sites (N-methyl/N-ethyl adjacent to an activating group) is 1. The van der Waals surface area contributed by atoms with E-state index in [4.69, 9.17) is 0 Å². The highest BCUT2D eigenvalue weighted by molar-refractivity contribution is 5.71. The van der Waals surface area contributed by atoms with Crippen molar-refractivity contribution >= 4 is 11.4 Å². The normalized spacial score (nSPS) is 18.5. The van der Waals surface area contributed by atoms with E-state index in [1.54, 1.807) is 0 Å². The summed E-state index contributed by atoms with van der Waals surface area (Å²) in [5, 5.41) is 0. The van der Waals surface area contributed by atoms with Crippen LogP contribution in [0.25, 0.3) is 0 Å². The van der Waals surface area contributed by atoms with E-state index in [0.29, 0.717) is 0 Å². The SMILES string of the molecule is CN1CCN(CCCN2c3ccccc3CCc3ccccc32)CC1. The van der Waals surface area contributed by atoms with Crippen molar-refractivity contribution in [1.82, 2.24) is 9.80 Å². The summed E-state index contributed by atoms with van der Waals surface area (Å²) in [5.74, 6) is 0. The molecule has 2 aromatic carbocycles. The number of hydrogen-bond acceptors (Lipinski definition) is 3.